The first-order valence-electron chi connectivity index (χ1n) is 15.1. The number of aryl methyl sites for hydroxylation is 4. The van der Waals surface area contributed by atoms with Gasteiger partial charge in [0.05, 0.1) is 33.9 Å². The third-order valence-electron chi connectivity index (χ3n) is 7.67. The van der Waals surface area contributed by atoms with E-state index in [4.69, 9.17) is 4.98 Å². The van der Waals surface area contributed by atoms with Crippen molar-refractivity contribution in [3.8, 4) is 0 Å². The van der Waals surface area contributed by atoms with Crippen molar-refractivity contribution in [3.05, 3.63) is 129 Å². The maximum absolute atomic E-state index is 11.5. The van der Waals surface area contributed by atoms with Gasteiger partial charge in [-0.1, -0.05) is 30.3 Å². The first-order valence-corrected chi connectivity index (χ1v) is 15.1. The van der Waals surface area contributed by atoms with Crippen LogP contribution >= 0.6 is 0 Å². The number of nitrogens with zero attached hydrogens (tertiary/aromatic N) is 7. The van der Waals surface area contributed by atoms with Crippen LogP contribution in [0.1, 0.15) is 65.7 Å². The van der Waals surface area contributed by atoms with E-state index in [1.807, 2.05) is 76.2 Å². The Morgan fingerprint density at radius 1 is 0.604 bits per heavy atom. The minimum Gasteiger partial charge on any atom is -0.478 e. The normalized spacial score (nSPS) is 11.4. The summed E-state index contributed by atoms with van der Waals surface area (Å²) in [5, 5.41) is 39.0. The Morgan fingerprint density at radius 2 is 1.08 bits per heavy atom. The highest BCUT2D eigenvalue weighted by Crippen LogP contribution is 2.29. The van der Waals surface area contributed by atoms with Crippen molar-refractivity contribution in [1.29, 1.82) is 0 Å². The van der Waals surface area contributed by atoms with Gasteiger partial charge in [-0.25, -0.2) is 14.6 Å². The van der Waals surface area contributed by atoms with Gasteiger partial charge in [-0.3, -0.25) is 0 Å². The average molecular weight is 643 g/mol. The summed E-state index contributed by atoms with van der Waals surface area (Å²) in [5.41, 5.74) is 7.81. The minimum absolute atomic E-state index is 0.127. The van der Waals surface area contributed by atoms with E-state index in [9.17, 15) is 19.8 Å². The molecule has 5 rings (SSSR count). The molecule has 5 aromatic rings. The maximum Gasteiger partial charge on any atom is 0.335 e. The van der Waals surface area contributed by atoms with Crippen LogP contribution in [0.3, 0.4) is 0 Å². The summed E-state index contributed by atoms with van der Waals surface area (Å²) in [6.45, 7) is 7.89. The van der Waals surface area contributed by atoms with E-state index < -0.39 is 11.9 Å². The summed E-state index contributed by atoms with van der Waals surface area (Å²) in [7, 11) is 1.77. The number of aromatic carboxylic acids is 2. The Balaban J connectivity index is 1.36. The SMILES string of the molecule is CNc1nc(Cc2cc(C)c(N=Nc3ccccc3)cc2C)nc(Cc2cc(C)c(N=Nc3cc(C(=O)O)cc(C(=O)O)c3)cc2C)n1. The molecule has 4 aromatic carbocycles. The average Bonchev–Trinajstić information content (AvgIpc) is 3.06. The zero-order chi connectivity index (χ0) is 34.4. The van der Waals surface area contributed by atoms with Crippen molar-refractivity contribution in [2.45, 2.75) is 40.5 Å². The van der Waals surface area contributed by atoms with Crippen LogP contribution < -0.4 is 5.32 Å². The second kappa shape index (κ2) is 14.5. The summed E-state index contributed by atoms with van der Waals surface area (Å²) in [4.78, 5) is 37.0. The van der Waals surface area contributed by atoms with E-state index in [1.54, 1.807) is 7.05 Å². The molecule has 0 atom stereocenters. The molecule has 0 aliphatic heterocycles. The van der Waals surface area contributed by atoms with Crippen LogP contribution in [0.15, 0.2) is 93.3 Å². The predicted molar refractivity (Wildman–Crippen MR) is 182 cm³/mol. The molecule has 0 amide bonds. The van der Waals surface area contributed by atoms with Gasteiger partial charge in [-0.15, -0.1) is 0 Å². The molecule has 0 unspecified atom stereocenters. The number of rotatable bonds is 11. The molecule has 0 aliphatic rings. The lowest BCUT2D eigenvalue weighted by atomic mass is 10.0. The van der Waals surface area contributed by atoms with Gasteiger partial charge in [0.1, 0.15) is 11.6 Å². The minimum atomic E-state index is -1.25. The summed E-state index contributed by atoms with van der Waals surface area (Å²) < 4.78 is 0. The molecule has 0 radical (unpaired) electrons. The lowest BCUT2D eigenvalue weighted by Gasteiger charge is -2.12. The van der Waals surface area contributed by atoms with Gasteiger partial charge in [0, 0.05) is 19.9 Å². The van der Waals surface area contributed by atoms with Crippen LogP contribution in [0.25, 0.3) is 0 Å². The number of carboxylic acids is 2. The molecule has 0 saturated carbocycles. The second-order valence-electron chi connectivity index (χ2n) is 11.3. The van der Waals surface area contributed by atoms with Crippen LogP contribution in [0, 0.1) is 27.7 Å². The maximum atomic E-state index is 11.5. The van der Waals surface area contributed by atoms with Crippen LogP contribution in [0.4, 0.5) is 28.7 Å². The number of benzene rings is 4. The van der Waals surface area contributed by atoms with E-state index in [0.717, 1.165) is 50.8 Å². The molecule has 0 bridgehead atoms. The third kappa shape index (κ3) is 8.15. The smallest absolute Gasteiger partial charge is 0.335 e. The van der Waals surface area contributed by atoms with Gasteiger partial charge in [-0.2, -0.15) is 30.4 Å². The second-order valence-corrected chi connectivity index (χ2v) is 11.3. The van der Waals surface area contributed by atoms with E-state index >= 15 is 0 Å². The predicted octanol–water partition coefficient (Wildman–Crippen LogP) is 8.56. The third-order valence-corrected chi connectivity index (χ3v) is 7.67. The van der Waals surface area contributed by atoms with Gasteiger partial charge >= 0.3 is 11.9 Å². The number of aromatic nitrogens is 3. The molecule has 242 valence electrons. The quantitative estimate of drug-likeness (QED) is 0.120. The fourth-order valence-corrected chi connectivity index (χ4v) is 5.03. The zero-order valence-electron chi connectivity index (χ0n) is 27.2. The summed E-state index contributed by atoms with van der Waals surface area (Å²) in [6, 6.07) is 21.2. The van der Waals surface area contributed by atoms with Gasteiger partial charge in [0.2, 0.25) is 5.95 Å². The number of hydrogen-bond donors (Lipinski definition) is 3. The van der Waals surface area contributed by atoms with Gasteiger partial charge < -0.3 is 15.5 Å². The van der Waals surface area contributed by atoms with E-state index in [0.29, 0.717) is 36.1 Å². The Bertz CT molecular complexity index is 2050. The number of hydrogen-bond acceptors (Lipinski definition) is 10. The van der Waals surface area contributed by atoms with Gasteiger partial charge in [0.25, 0.3) is 0 Å². The van der Waals surface area contributed by atoms with Gasteiger partial charge in [-0.05, 0) is 104 Å². The van der Waals surface area contributed by atoms with Crippen LogP contribution in [0.2, 0.25) is 0 Å². The molecule has 3 N–H and O–H groups in total. The van der Waals surface area contributed by atoms with Crippen molar-refractivity contribution < 1.29 is 19.8 Å². The molecule has 1 heterocycles. The Hall–Kier alpha value is -6.17. The summed E-state index contributed by atoms with van der Waals surface area (Å²) in [6.07, 6.45) is 0.963. The van der Waals surface area contributed by atoms with Crippen LogP contribution in [0.5, 0.6) is 0 Å². The lowest BCUT2D eigenvalue weighted by Crippen LogP contribution is -2.09. The molecular formula is C36H34N8O4. The Kier molecular flexibility index (Phi) is 10.0. The number of nitrogens with one attached hydrogen (secondary N) is 1. The zero-order valence-corrected chi connectivity index (χ0v) is 27.2. The molecule has 0 aliphatic carbocycles. The van der Waals surface area contributed by atoms with Crippen molar-refractivity contribution in [2.75, 3.05) is 12.4 Å². The van der Waals surface area contributed by atoms with Gasteiger partial charge in [0.15, 0.2) is 0 Å². The standard InChI is InChI=1S/C36H34N8O4/c1-20-13-30(43-41-28-9-7-6-8-10-28)22(3)11-24(20)18-32-38-33(40-36(37-5)39-32)19-25-12-23(4)31(14-21(25)2)44-42-29-16-26(34(45)46)15-27(17-29)35(47)48/h6-17H,18-19H2,1-5H3,(H,45,46)(H,47,48)(H,37,38,39,40). The largest absolute Gasteiger partial charge is 0.478 e. The molecular weight excluding hydrogens is 608 g/mol. The van der Waals surface area contributed by atoms with Crippen molar-refractivity contribution in [3.63, 3.8) is 0 Å². The number of azo groups is 2. The molecule has 0 spiro atoms. The first kappa shape index (κ1) is 33.2. The van der Waals surface area contributed by atoms with E-state index in [2.05, 4.69) is 41.8 Å². The molecule has 48 heavy (non-hydrogen) atoms. The number of anilines is 1. The molecule has 1 aromatic heterocycles. The Morgan fingerprint density at radius 3 is 1.54 bits per heavy atom. The fourth-order valence-electron chi connectivity index (χ4n) is 5.03. The first-order chi connectivity index (χ1) is 23.0. The topological polar surface area (TPSA) is 175 Å². The lowest BCUT2D eigenvalue weighted by molar-refractivity contribution is 0.0696. The Labute approximate surface area is 277 Å². The molecule has 12 heteroatoms. The van der Waals surface area contributed by atoms with Crippen LogP contribution in [-0.2, 0) is 12.8 Å². The highest BCUT2D eigenvalue weighted by atomic mass is 16.4. The van der Waals surface area contributed by atoms with Crippen LogP contribution in [-0.4, -0.2) is 44.2 Å². The molecule has 0 fully saturated rings. The highest BCUT2D eigenvalue weighted by Gasteiger charge is 2.14. The highest BCUT2D eigenvalue weighted by molar-refractivity contribution is 5.95. The number of carboxylic acid groups (broad SMARTS) is 2. The van der Waals surface area contributed by atoms with Crippen molar-refractivity contribution >= 4 is 40.6 Å². The number of carbonyl (C=O) groups is 2. The fraction of sp³-hybridized carbons (Fsp3) is 0.194. The molecule has 0 saturated heterocycles. The monoisotopic (exact) mass is 642 g/mol. The molecule has 12 nitrogen and oxygen atoms in total. The van der Waals surface area contributed by atoms with Crippen molar-refractivity contribution in [1.82, 2.24) is 15.0 Å². The summed E-state index contributed by atoms with van der Waals surface area (Å²) >= 11 is 0. The van der Waals surface area contributed by atoms with E-state index in [1.165, 1.54) is 12.1 Å². The van der Waals surface area contributed by atoms with E-state index in [-0.39, 0.29) is 16.8 Å². The van der Waals surface area contributed by atoms with Crippen molar-refractivity contribution in [2.24, 2.45) is 20.5 Å². The summed E-state index contributed by atoms with van der Waals surface area (Å²) in [5.74, 6) is -0.787.